The van der Waals surface area contributed by atoms with Gasteiger partial charge in [-0.3, -0.25) is 9.69 Å². The Kier molecular flexibility index (Phi) is 6.00. The van der Waals surface area contributed by atoms with E-state index in [4.69, 9.17) is 0 Å². The van der Waals surface area contributed by atoms with Crippen molar-refractivity contribution >= 4 is 5.91 Å². The lowest BCUT2D eigenvalue weighted by atomic mass is 9.87. The molecule has 1 unspecified atom stereocenters. The topological polar surface area (TPSA) is 32.3 Å². The summed E-state index contributed by atoms with van der Waals surface area (Å²) >= 11 is 0. The highest BCUT2D eigenvalue weighted by Crippen LogP contribution is 2.39. The molecule has 2 aromatic rings. The van der Waals surface area contributed by atoms with E-state index >= 15 is 0 Å². The highest BCUT2D eigenvalue weighted by Gasteiger charge is 2.43. The number of hydrogen-bond donors (Lipinski definition) is 1. The number of nitrogens with one attached hydrogen (secondary N) is 1. The fraction of sp³-hybridized carbons (Fsp3) is 0.480. The molecule has 4 rings (SSSR count). The minimum absolute atomic E-state index is 0.111. The van der Waals surface area contributed by atoms with E-state index < -0.39 is 0 Å². The average molecular weight is 395 g/mol. The van der Waals surface area contributed by atoms with Crippen molar-refractivity contribution in [3.8, 4) is 0 Å². The molecule has 4 atom stereocenters. The van der Waals surface area contributed by atoms with Gasteiger partial charge in [-0.15, -0.1) is 0 Å². The predicted octanol–water partition coefficient (Wildman–Crippen LogP) is 4.59. The molecule has 29 heavy (non-hydrogen) atoms. The van der Waals surface area contributed by atoms with Gasteiger partial charge in [-0.25, -0.2) is 4.39 Å². The largest absolute Gasteiger partial charge is 0.352 e. The lowest BCUT2D eigenvalue weighted by molar-refractivity contribution is -0.124. The van der Waals surface area contributed by atoms with Crippen LogP contribution >= 0.6 is 0 Å². The van der Waals surface area contributed by atoms with Gasteiger partial charge in [0.05, 0.1) is 5.92 Å². The van der Waals surface area contributed by atoms with E-state index in [1.165, 1.54) is 6.07 Å². The summed E-state index contributed by atoms with van der Waals surface area (Å²) in [5, 5.41) is 3.40. The van der Waals surface area contributed by atoms with Crippen LogP contribution in [0.1, 0.15) is 43.7 Å². The molecule has 2 fully saturated rings. The first kappa shape index (κ1) is 20.1. The molecule has 1 saturated heterocycles. The van der Waals surface area contributed by atoms with Gasteiger partial charge < -0.3 is 5.32 Å². The number of amides is 1. The summed E-state index contributed by atoms with van der Waals surface area (Å²) in [6.07, 6.45) is 2.22. The Balaban J connectivity index is 1.39. The van der Waals surface area contributed by atoms with Crippen LogP contribution in [0.2, 0.25) is 0 Å². The number of nitrogens with zero attached hydrogens (tertiary/aromatic N) is 1. The van der Waals surface area contributed by atoms with Gasteiger partial charge in [0.1, 0.15) is 5.82 Å². The molecule has 0 spiro atoms. The van der Waals surface area contributed by atoms with Gasteiger partial charge in [-0.2, -0.15) is 0 Å². The minimum Gasteiger partial charge on any atom is -0.352 e. The molecule has 154 valence electrons. The summed E-state index contributed by atoms with van der Waals surface area (Å²) in [6.45, 7) is 7.03. The van der Waals surface area contributed by atoms with E-state index in [1.54, 1.807) is 12.1 Å². The first-order valence-electron chi connectivity index (χ1n) is 10.8. The van der Waals surface area contributed by atoms with Crippen LogP contribution in [0, 0.1) is 23.6 Å². The number of fused-ring (bicyclic) bond motifs is 1. The summed E-state index contributed by atoms with van der Waals surface area (Å²) in [7, 11) is 0. The van der Waals surface area contributed by atoms with Gasteiger partial charge in [0, 0.05) is 25.7 Å². The van der Waals surface area contributed by atoms with Crippen molar-refractivity contribution in [2.45, 2.75) is 45.2 Å². The molecule has 2 aromatic carbocycles. The summed E-state index contributed by atoms with van der Waals surface area (Å²) in [5.41, 5.74) is 2.11. The van der Waals surface area contributed by atoms with Crippen molar-refractivity contribution in [2.24, 2.45) is 17.8 Å². The molecular formula is C25H31FN2O. The zero-order valence-corrected chi connectivity index (χ0v) is 17.4. The number of carbonyl (C=O) groups is 1. The summed E-state index contributed by atoms with van der Waals surface area (Å²) < 4.78 is 13.5. The normalized spacial score (nSPS) is 25.2. The predicted molar refractivity (Wildman–Crippen MR) is 114 cm³/mol. The molecule has 3 nitrogen and oxygen atoms in total. The molecule has 2 aliphatic rings. The third-order valence-corrected chi connectivity index (χ3v) is 6.66. The third-order valence-electron chi connectivity index (χ3n) is 6.66. The van der Waals surface area contributed by atoms with E-state index in [0.717, 1.165) is 43.6 Å². The number of halogens is 1. The SMILES string of the molecule is CC(C)C(C(=O)N[C@H]1CC[C@@H]2CN(Cc3cccc(F)c3)C[C@@H]21)c1ccccc1. The molecule has 0 bridgehead atoms. The van der Waals surface area contributed by atoms with Gasteiger partial charge in [-0.05, 0) is 53.9 Å². The zero-order valence-electron chi connectivity index (χ0n) is 17.4. The van der Waals surface area contributed by atoms with Crippen LogP contribution in [0.4, 0.5) is 4.39 Å². The van der Waals surface area contributed by atoms with Gasteiger partial charge in [0.2, 0.25) is 5.91 Å². The Hall–Kier alpha value is -2.20. The van der Waals surface area contributed by atoms with Crippen LogP contribution < -0.4 is 5.32 Å². The Labute approximate surface area is 173 Å². The fourth-order valence-corrected chi connectivity index (χ4v) is 5.33. The van der Waals surface area contributed by atoms with Crippen LogP contribution in [0.5, 0.6) is 0 Å². The van der Waals surface area contributed by atoms with Gasteiger partial charge in [0.25, 0.3) is 0 Å². The maximum atomic E-state index is 13.5. The quantitative estimate of drug-likeness (QED) is 0.777. The smallest absolute Gasteiger partial charge is 0.228 e. The van der Waals surface area contributed by atoms with E-state index in [0.29, 0.717) is 11.8 Å². The Morgan fingerprint density at radius 3 is 2.62 bits per heavy atom. The van der Waals surface area contributed by atoms with Crippen LogP contribution in [0.15, 0.2) is 54.6 Å². The first-order chi connectivity index (χ1) is 14.0. The van der Waals surface area contributed by atoms with Gasteiger partial charge >= 0.3 is 0 Å². The van der Waals surface area contributed by atoms with Crippen LogP contribution in [-0.2, 0) is 11.3 Å². The summed E-state index contributed by atoms with van der Waals surface area (Å²) in [4.78, 5) is 15.6. The maximum Gasteiger partial charge on any atom is 0.228 e. The first-order valence-corrected chi connectivity index (χ1v) is 10.8. The molecule has 1 N–H and O–H groups in total. The average Bonchev–Trinajstić information content (AvgIpc) is 3.24. The van der Waals surface area contributed by atoms with Crippen LogP contribution in [0.25, 0.3) is 0 Å². The molecule has 0 aromatic heterocycles. The monoisotopic (exact) mass is 394 g/mol. The van der Waals surface area contributed by atoms with Gasteiger partial charge in [-0.1, -0.05) is 56.3 Å². The van der Waals surface area contributed by atoms with E-state index in [1.807, 2.05) is 24.3 Å². The van der Waals surface area contributed by atoms with Crippen molar-refractivity contribution in [1.29, 1.82) is 0 Å². The van der Waals surface area contributed by atoms with Crippen molar-refractivity contribution in [3.63, 3.8) is 0 Å². The van der Waals surface area contributed by atoms with E-state index in [-0.39, 0.29) is 29.6 Å². The number of rotatable bonds is 6. The zero-order chi connectivity index (χ0) is 20.4. The second-order valence-electron chi connectivity index (χ2n) is 9.07. The van der Waals surface area contributed by atoms with E-state index in [2.05, 4.69) is 36.2 Å². The number of benzene rings is 2. The Morgan fingerprint density at radius 2 is 1.90 bits per heavy atom. The van der Waals surface area contributed by atoms with Crippen LogP contribution in [0.3, 0.4) is 0 Å². The minimum atomic E-state index is -0.173. The molecule has 1 aliphatic carbocycles. The molecule has 1 saturated carbocycles. The molecule has 1 aliphatic heterocycles. The molecule has 4 heteroatoms. The number of likely N-dealkylation sites (tertiary alicyclic amines) is 1. The lowest BCUT2D eigenvalue weighted by Crippen LogP contribution is -2.43. The number of carbonyl (C=O) groups excluding carboxylic acids is 1. The second kappa shape index (κ2) is 8.66. The number of hydrogen-bond acceptors (Lipinski definition) is 2. The third kappa shape index (κ3) is 4.53. The molecule has 1 heterocycles. The standard InChI is InChI=1S/C25H31FN2O/c1-17(2)24(19-8-4-3-5-9-19)25(29)27-23-12-11-20-15-28(16-22(20)23)14-18-7-6-10-21(26)13-18/h3-10,13,17,20,22-24H,11-12,14-16H2,1-2H3,(H,27,29)/t20-,22+,23+,24?/m1/s1. The van der Waals surface area contributed by atoms with Crippen molar-refractivity contribution < 1.29 is 9.18 Å². The van der Waals surface area contributed by atoms with Gasteiger partial charge in [0.15, 0.2) is 0 Å². The highest BCUT2D eigenvalue weighted by molar-refractivity contribution is 5.84. The summed E-state index contributed by atoms with van der Waals surface area (Å²) in [5.74, 6) is 1.25. The van der Waals surface area contributed by atoms with Crippen molar-refractivity contribution in [3.05, 3.63) is 71.5 Å². The summed E-state index contributed by atoms with van der Waals surface area (Å²) in [6, 6.07) is 17.2. The Morgan fingerprint density at radius 1 is 1.10 bits per heavy atom. The van der Waals surface area contributed by atoms with E-state index in [9.17, 15) is 9.18 Å². The lowest BCUT2D eigenvalue weighted by Gasteiger charge is -2.26. The fourth-order valence-electron chi connectivity index (χ4n) is 5.33. The van der Waals surface area contributed by atoms with Crippen molar-refractivity contribution in [1.82, 2.24) is 10.2 Å². The Bertz CT molecular complexity index is 838. The maximum absolute atomic E-state index is 13.5. The molecule has 1 amide bonds. The second-order valence-corrected chi connectivity index (χ2v) is 9.07. The molecule has 0 radical (unpaired) electrons. The molecular weight excluding hydrogens is 363 g/mol. The van der Waals surface area contributed by atoms with Crippen molar-refractivity contribution in [2.75, 3.05) is 13.1 Å². The van der Waals surface area contributed by atoms with Crippen LogP contribution in [-0.4, -0.2) is 29.9 Å². The highest BCUT2D eigenvalue weighted by atomic mass is 19.1.